The minimum absolute atomic E-state index is 0.00702. The lowest BCUT2D eigenvalue weighted by Gasteiger charge is -2.21. The Morgan fingerprint density at radius 3 is 2.50 bits per heavy atom. The van der Waals surface area contributed by atoms with Gasteiger partial charge in [-0.15, -0.1) is 0 Å². The van der Waals surface area contributed by atoms with Crippen molar-refractivity contribution in [2.45, 2.75) is 58.8 Å². The number of amidine groups is 1. The topological polar surface area (TPSA) is 120 Å². The summed E-state index contributed by atoms with van der Waals surface area (Å²) in [6.07, 6.45) is 10.6. The number of hydrogen-bond acceptors (Lipinski definition) is 5. The van der Waals surface area contributed by atoms with Crippen LogP contribution in [-0.2, 0) is 17.6 Å². The molecule has 5 rings (SSSR count). The zero-order valence-electron chi connectivity index (χ0n) is 24.1. The van der Waals surface area contributed by atoms with Crippen molar-refractivity contribution in [3.63, 3.8) is 0 Å². The van der Waals surface area contributed by atoms with Crippen LogP contribution in [0, 0.1) is 5.41 Å². The molecule has 42 heavy (non-hydrogen) atoms. The van der Waals surface area contributed by atoms with Crippen LogP contribution in [0.4, 0.5) is 4.79 Å². The average Bonchev–Trinajstić information content (AvgIpc) is 3.84. The molecule has 0 atom stereocenters. The van der Waals surface area contributed by atoms with Crippen molar-refractivity contribution < 1.29 is 14.6 Å². The van der Waals surface area contributed by atoms with Gasteiger partial charge in [0, 0.05) is 29.7 Å². The van der Waals surface area contributed by atoms with E-state index in [2.05, 4.69) is 18.3 Å². The number of carbonyl (C=O) groups excluding carboxylic acids is 1. The van der Waals surface area contributed by atoms with Gasteiger partial charge in [0.15, 0.2) is 0 Å². The van der Waals surface area contributed by atoms with E-state index in [0.717, 1.165) is 82.9 Å². The Morgan fingerprint density at radius 1 is 1.10 bits per heavy atom. The van der Waals surface area contributed by atoms with Gasteiger partial charge in [0.25, 0.3) is 5.56 Å². The van der Waals surface area contributed by atoms with Gasteiger partial charge < -0.3 is 9.84 Å². The van der Waals surface area contributed by atoms with Gasteiger partial charge in [-0.3, -0.25) is 14.8 Å². The largest absolute Gasteiger partial charge is 0.632 e. The monoisotopic (exact) mass is 565 g/mol. The summed E-state index contributed by atoms with van der Waals surface area (Å²) in [5, 5.41) is 17.6. The summed E-state index contributed by atoms with van der Waals surface area (Å²) >= 11 is 0. The lowest BCUT2D eigenvalue weighted by atomic mass is 9.96. The smallest absolute Gasteiger partial charge is 0.547 e. The predicted octanol–water partition coefficient (Wildman–Crippen LogP) is 5.95. The number of amides is 1. The van der Waals surface area contributed by atoms with Crippen molar-refractivity contribution in [3.8, 4) is 11.1 Å². The zero-order valence-corrected chi connectivity index (χ0v) is 24.1. The first-order valence-corrected chi connectivity index (χ1v) is 14.6. The van der Waals surface area contributed by atoms with Crippen LogP contribution >= 0.6 is 0 Å². The van der Waals surface area contributed by atoms with Gasteiger partial charge in [-0.25, -0.2) is 10.3 Å². The van der Waals surface area contributed by atoms with Crippen molar-refractivity contribution in [2.75, 3.05) is 6.61 Å². The first kappa shape index (κ1) is 28.8. The van der Waals surface area contributed by atoms with Crippen LogP contribution < -0.4 is 10.9 Å². The second kappa shape index (κ2) is 12.9. The molecule has 0 radical (unpaired) electrons. The second-order valence-corrected chi connectivity index (χ2v) is 10.5. The van der Waals surface area contributed by atoms with Crippen LogP contribution in [0.2, 0.25) is 0 Å². The minimum atomic E-state index is -1.03. The van der Waals surface area contributed by atoms with Crippen LogP contribution in [0.3, 0.4) is 0 Å². The molecule has 8 heteroatoms. The number of aryl methyl sites for hydroxylation is 1. The summed E-state index contributed by atoms with van der Waals surface area (Å²) in [5.41, 5.74) is 6.83. The Morgan fingerprint density at radius 2 is 1.86 bits per heavy atom. The molecule has 0 fully saturated rings. The van der Waals surface area contributed by atoms with E-state index in [0.29, 0.717) is 25.0 Å². The SMILES string of the molecule is CCCCc1nc(C2=CC2)n(C2=CC=C(OCC)CC2)c(=O)c1Cc1ccc(-c2ccccc2C(=N)NC(=O)[OH2+])cc1. The van der Waals surface area contributed by atoms with Crippen molar-refractivity contribution in [1.82, 2.24) is 14.9 Å². The average molecular weight is 566 g/mol. The molecule has 2 aromatic carbocycles. The highest BCUT2D eigenvalue weighted by Crippen LogP contribution is 2.33. The maximum absolute atomic E-state index is 14.2. The van der Waals surface area contributed by atoms with Crippen LogP contribution in [0.15, 0.2) is 77.3 Å². The summed E-state index contributed by atoms with van der Waals surface area (Å²) in [5.74, 6) is 1.59. The van der Waals surface area contributed by atoms with Crippen molar-refractivity contribution >= 4 is 23.2 Å². The first-order chi connectivity index (χ1) is 20.4. The lowest BCUT2D eigenvalue weighted by molar-refractivity contribution is 0.200. The molecule has 4 N–H and O–H groups in total. The van der Waals surface area contributed by atoms with Crippen LogP contribution in [0.25, 0.3) is 22.4 Å². The van der Waals surface area contributed by atoms with E-state index in [1.807, 2.05) is 60.0 Å². The Balaban J connectivity index is 1.51. The molecule has 216 valence electrons. The third-order valence-corrected chi connectivity index (χ3v) is 7.51. The molecular formula is C34H37N4O4+. The Kier molecular flexibility index (Phi) is 8.81. The number of hydrogen-bond donors (Lipinski definition) is 2. The van der Waals surface area contributed by atoms with Gasteiger partial charge in [0.2, 0.25) is 0 Å². The van der Waals surface area contributed by atoms with Crippen molar-refractivity contribution in [2.24, 2.45) is 0 Å². The molecule has 0 saturated heterocycles. The minimum Gasteiger partial charge on any atom is -0.547 e. The Labute approximate surface area is 245 Å². The van der Waals surface area contributed by atoms with E-state index < -0.39 is 6.09 Å². The molecule has 0 aliphatic heterocycles. The zero-order chi connectivity index (χ0) is 29.6. The summed E-state index contributed by atoms with van der Waals surface area (Å²) in [6, 6.07) is 15.2. The van der Waals surface area contributed by atoms with Gasteiger partial charge in [0.1, 0.15) is 11.7 Å². The molecular weight excluding hydrogens is 528 g/mol. The summed E-state index contributed by atoms with van der Waals surface area (Å²) in [7, 11) is 0. The highest BCUT2D eigenvalue weighted by molar-refractivity contribution is 6.08. The highest BCUT2D eigenvalue weighted by atomic mass is 16.5. The quantitative estimate of drug-likeness (QED) is 0.170. The van der Waals surface area contributed by atoms with E-state index in [-0.39, 0.29) is 11.4 Å². The maximum Gasteiger partial charge on any atom is 0.632 e. The molecule has 1 aromatic heterocycles. The molecule has 1 heterocycles. The number of unbranched alkanes of at least 4 members (excludes halogenated alkanes) is 1. The fourth-order valence-corrected chi connectivity index (χ4v) is 5.28. The first-order valence-electron chi connectivity index (χ1n) is 14.6. The third kappa shape index (κ3) is 6.43. The standard InChI is InChI=1S/C34H36N4O4/c1-3-5-10-30-29(33(39)38(32(36-30)24-15-16-24)25-17-19-26(20-18-25)42-4-2)21-22-11-13-23(14-12-22)27-8-6-7-9-28(27)31(35)37-34(40)41/h6-9,11-15,17,19H,3-5,10,16,18,20-21H2,1-2H3,(H2,35,37)(H,40,41)/p+1. The number of aromatic nitrogens is 2. The van der Waals surface area contributed by atoms with Crippen molar-refractivity contribution in [1.29, 1.82) is 5.41 Å². The molecule has 0 saturated carbocycles. The van der Waals surface area contributed by atoms with Gasteiger partial charge in [-0.05, 0) is 67.0 Å². The molecule has 1 amide bonds. The highest BCUT2D eigenvalue weighted by Gasteiger charge is 2.25. The third-order valence-electron chi connectivity index (χ3n) is 7.51. The van der Waals surface area contributed by atoms with Gasteiger partial charge in [-0.1, -0.05) is 68.0 Å². The van der Waals surface area contributed by atoms with E-state index in [1.54, 1.807) is 12.1 Å². The Hall–Kier alpha value is -4.72. The number of rotatable bonds is 11. The molecule has 2 aliphatic rings. The molecule has 0 spiro atoms. The normalized spacial score (nSPS) is 14.0. The van der Waals surface area contributed by atoms with Gasteiger partial charge in [-0.2, -0.15) is 0 Å². The van der Waals surface area contributed by atoms with Crippen LogP contribution in [-0.4, -0.2) is 33.2 Å². The molecule has 2 aliphatic carbocycles. The number of ether oxygens (including phenoxy) is 1. The molecule has 8 nitrogen and oxygen atoms in total. The molecule has 0 unspecified atom stereocenters. The number of nitrogens with one attached hydrogen (secondary N) is 2. The summed E-state index contributed by atoms with van der Waals surface area (Å²) < 4.78 is 7.51. The number of allylic oxidation sites excluding steroid dienone is 6. The fraction of sp³-hybridized carbons (Fsp3) is 0.294. The van der Waals surface area contributed by atoms with Crippen LogP contribution in [0.5, 0.6) is 0 Å². The summed E-state index contributed by atoms with van der Waals surface area (Å²) in [4.78, 5) is 30.6. The number of benzene rings is 2. The summed E-state index contributed by atoms with van der Waals surface area (Å²) in [6.45, 7) is 4.74. The maximum atomic E-state index is 14.2. The predicted molar refractivity (Wildman–Crippen MR) is 167 cm³/mol. The molecule has 0 bridgehead atoms. The van der Waals surface area contributed by atoms with Gasteiger partial charge in [0.05, 0.1) is 22.9 Å². The van der Waals surface area contributed by atoms with Crippen LogP contribution in [0.1, 0.15) is 74.2 Å². The number of nitrogens with zero attached hydrogens (tertiary/aromatic N) is 2. The van der Waals surface area contributed by atoms with Gasteiger partial charge >= 0.3 is 6.09 Å². The lowest BCUT2D eigenvalue weighted by Crippen LogP contribution is -2.30. The molecule has 3 aromatic rings. The number of carbonyl (C=O) groups is 1. The van der Waals surface area contributed by atoms with Crippen molar-refractivity contribution in [3.05, 3.63) is 111 Å². The van der Waals surface area contributed by atoms with E-state index in [9.17, 15) is 9.59 Å². The fourth-order valence-electron chi connectivity index (χ4n) is 5.28. The second-order valence-electron chi connectivity index (χ2n) is 10.5. The Bertz CT molecular complexity index is 1660. The van der Waals surface area contributed by atoms with E-state index >= 15 is 0 Å². The van der Waals surface area contributed by atoms with E-state index in [1.165, 1.54) is 0 Å². The van der Waals surface area contributed by atoms with E-state index in [4.69, 9.17) is 20.2 Å².